The number of hydrogen-bond acceptors (Lipinski definition) is 5. The van der Waals surface area contributed by atoms with Gasteiger partial charge in [-0.2, -0.15) is 0 Å². The summed E-state index contributed by atoms with van der Waals surface area (Å²) in [5, 5.41) is 0. The first-order valence-corrected chi connectivity index (χ1v) is 9.26. The number of carbonyl (C=O) groups is 3. The van der Waals surface area contributed by atoms with E-state index in [-0.39, 0.29) is 5.92 Å². The normalized spacial score (nSPS) is 20.1. The van der Waals surface area contributed by atoms with Crippen LogP contribution in [0.15, 0.2) is 24.4 Å². The van der Waals surface area contributed by atoms with Crippen molar-refractivity contribution in [3.05, 3.63) is 30.1 Å². The van der Waals surface area contributed by atoms with Gasteiger partial charge in [-0.15, -0.1) is 0 Å². The number of pyridine rings is 1. The van der Waals surface area contributed by atoms with Gasteiger partial charge in [0.15, 0.2) is 0 Å². The topological polar surface area (TPSA) is 76.6 Å². The summed E-state index contributed by atoms with van der Waals surface area (Å²) in [6, 6.07) is 4.70. The molecule has 1 aliphatic rings. The number of ether oxygens (including phenoxy) is 1. The number of aromatic nitrogens is 1. The zero-order valence-corrected chi connectivity index (χ0v) is 16.0. The van der Waals surface area contributed by atoms with Gasteiger partial charge in [0.1, 0.15) is 6.04 Å². The number of carbonyl (C=O) groups excluding carboxylic acids is 3. The van der Waals surface area contributed by atoms with E-state index in [9.17, 15) is 14.4 Å². The lowest BCUT2D eigenvalue weighted by Gasteiger charge is -2.29. The minimum Gasteiger partial charge on any atom is -0.464 e. The fourth-order valence-corrected chi connectivity index (χ4v) is 3.09. The fourth-order valence-electron chi connectivity index (χ4n) is 3.09. The van der Waals surface area contributed by atoms with E-state index in [1.54, 1.807) is 26.1 Å². The molecular weight excluding hydrogens is 332 g/mol. The molecule has 2 rings (SSSR count). The summed E-state index contributed by atoms with van der Waals surface area (Å²) in [5.74, 6) is -1.79. The van der Waals surface area contributed by atoms with Crippen molar-refractivity contribution in [2.24, 2.45) is 5.41 Å². The molecule has 0 bridgehead atoms. The van der Waals surface area contributed by atoms with Crippen LogP contribution >= 0.6 is 0 Å². The van der Waals surface area contributed by atoms with E-state index in [1.165, 1.54) is 4.90 Å². The summed E-state index contributed by atoms with van der Waals surface area (Å²) in [6.45, 7) is 7.93. The second-order valence-corrected chi connectivity index (χ2v) is 7.33. The number of nitrogens with zero attached hydrogens (tertiary/aromatic N) is 2. The van der Waals surface area contributed by atoms with Crippen molar-refractivity contribution in [1.82, 2.24) is 9.88 Å². The van der Waals surface area contributed by atoms with Gasteiger partial charge in [-0.25, -0.2) is 4.79 Å². The largest absolute Gasteiger partial charge is 0.464 e. The Balaban J connectivity index is 2.31. The lowest BCUT2D eigenvalue weighted by atomic mass is 9.84. The average molecular weight is 360 g/mol. The standard InChI is InChI=1S/C20H28N2O4/c1-5-13-26-19(25)16-14(15-9-7-8-11-21-15)10-12-22(16)18(24)17(23)20(3,4)6-2/h7-9,11,14,16H,5-6,10,12-13H2,1-4H3/t14?,16-/m0/s1. The second kappa shape index (κ2) is 8.43. The van der Waals surface area contributed by atoms with Crippen molar-refractivity contribution in [3.8, 4) is 0 Å². The third-order valence-electron chi connectivity index (χ3n) is 5.11. The molecule has 142 valence electrons. The Hall–Kier alpha value is -2.24. The third kappa shape index (κ3) is 4.11. The minimum absolute atomic E-state index is 0.262. The van der Waals surface area contributed by atoms with Crippen LogP contribution in [0.4, 0.5) is 0 Å². The molecule has 0 saturated carbocycles. The summed E-state index contributed by atoms with van der Waals surface area (Å²) < 4.78 is 5.33. The molecule has 2 heterocycles. The Bertz CT molecular complexity index is 657. The van der Waals surface area contributed by atoms with Crippen LogP contribution in [-0.4, -0.2) is 46.7 Å². The van der Waals surface area contributed by atoms with Gasteiger partial charge in [0, 0.05) is 29.8 Å². The lowest BCUT2D eigenvalue weighted by Crippen LogP contribution is -2.49. The Labute approximate surface area is 154 Å². The number of amides is 1. The van der Waals surface area contributed by atoms with Crippen molar-refractivity contribution in [2.75, 3.05) is 13.2 Å². The van der Waals surface area contributed by atoms with Crippen molar-refractivity contribution in [3.63, 3.8) is 0 Å². The van der Waals surface area contributed by atoms with Crippen LogP contribution < -0.4 is 0 Å². The lowest BCUT2D eigenvalue weighted by molar-refractivity contribution is -0.158. The van der Waals surface area contributed by atoms with Crippen LogP contribution in [-0.2, 0) is 19.1 Å². The maximum Gasteiger partial charge on any atom is 0.329 e. The van der Waals surface area contributed by atoms with Crippen LogP contribution in [0.5, 0.6) is 0 Å². The van der Waals surface area contributed by atoms with E-state index >= 15 is 0 Å². The summed E-state index contributed by atoms with van der Waals surface area (Å²) in [7, 11) is 0. The number of ketones is 1. The maximum absolute atomic E-state index is 12.9. The highest BCUT2D eigenvalue weighted by atomic mass is 16.5. The first-order valence-electron chi connectivity index (χ1n) is 9.26. The molecule has 1 unspecified atom stereocenters. The minimum atomic E-state index is -0.805. The third-order valence-corrected chi connectivity index (χ3v) is 5.11. The molecule has 1 saturated heterocycles. The highest BCUT2D eigenvalue weighted by Gasteiger charge is 2.47. The zero-order valence-electron chi connectivity index (χ0n) is 16.0. The van der Waals surface area contributed by atoms with Crippen molar-refractivity contribution < 1.29 is 19.1 Å². The zero-order chi connectivity index (χ0) is 19.3. The van der Waals surface area contributed by atoms with Gasteiger partial charge >= 0.3 is 5.97 Å². The maximum atomic E-state index is 12.9. The van der Waals surface area contributed by atoms with Crippen LogP contribution in [0.25, 0.3) is 0 Å². The Morgan fingerprint density at radius 2 is 2.00 bits per heavy atom. The van der Waals surface area contributed by atoms with Gasteiger partial charge in [0.05, 0.1) is 6.61 Å². The molecule has 26 heavy (non-hydrogen) atoms. The Morgan fingerprint density at radius 3 is 2.58 bits per heavy atom. The molecule has 6 nitrogen and oxygen atoms in total. The highest BCUT2D eigenvalue weighted by molar-refractivity contribution is 6.38. The molecular formula is C20H28N2O4. The number of esters is 1. The number of hydrogen-bond donors (Lipinski definition) is 0. The molecule has 0 radical (unpaired) electrons. The van der Waals surface area contributed by atoms with E-state index in [0.717, 1.165) is 5.69 Å². The second-order valence-electron chi connectivity index (χ2n) is 7.33. The van der Waals surface area contributed by atoms with Gasteiger partial charge in [0.2, 0.25) is 5.78 Å². The van der Waals surface area contributed by atoms with Crippen LogP contribution in [0.2, 0.25) is 0 Å². The molecule has 2 atom stereocenters. The van der Waals surface area contributed by atoms with Crippen LogP contribution in [0.1, 0.15) is 58.6 Å². The summed E-state index contributed by atoms with van der Waals surface area (Å²) in [6.07, 6.45) is 3.50. The summed E-state index contributed by atoms with van der Waals surface area (Å²) >= 11 is 0. The molecule has 1 aromatic heterocycles. The average Bonchev–Trinajstić information content (AvgIpc) is 3.10. The number of rotatable bonds is 7. The van der Waals surface area contributed by atoms with Gasteiger partial charge in [0.25, 0.3) is 5.91 Å². The van der Waals surface area contributed by atoms with E-state index in [4.69, 9.17) is 4.74 Å². The van der Waals surface area contributed by atoms with E-state index in [0.29, 0.717) is 32.4 Å². The Morgan fingerprint density at radius 1 is 1.27 bits per heavy atom. The van der Waals surface area contributed by atoms with E-state index < -0.39 is 29.1 Å². The van der Waals surface area contributed by atoms with Gasteiger partial charge in [-0.05, 0) is 31.4 Å². The highest BCUT2D eigenvalue weighted by Crippen LogP contribution is 2.34. The SMILES string of the molecule is CCCOC(=O)[C@@H]1C(c2ccccn2)CCN1C(=O)C(=O)C(C)(C)CC. The predicted molar refractivity (Wildman–Crippen MR) is 97.4 cm³/mol. The molecule has 6 heteroatoms. The monoisotopic (exact) mass is 360 g/mol. The molecule has 0 aromatic carbocycles. The molecule has 0 aliphatic carbocycles. The van der Waals surface area contributed by atoms with Crippen LogP contribution in [0, 0.1) is 5.41 Å². The predicted octanol–water partition coefficient (Wildman–Crippen LogP) is 2.72. The fraction of sp³-hybridized carbons (Fsp3) is 0.600. The van der Waals surface area contributed by atoms with Crippen molar-refractivity contribution in [1.29, 1.82) is 0 Å². The first kappa shape index (κ1) is 20.1. The van der Waals surface area contributed by atoms with E-state index in [1.807, 2.05) is 26.0 Å². The summed E-state index contributed by atoms with van der Waals surface area (Å²) in [4.78, 5) is 43.9. The number of likely N-dealkylation sites (tertiary alicyclic amines) is 1. The van der Waals surface area contributed by atoms with E-state index in [2.05, 4.69) is 4.98 Å². The van der Waals surface area contributed by atoms with Crippen LogP contribution in [0.3, 0.4) is 0 Å². The molecule has 0 N–H and O–H groups in total. The molecule has 0 spiro atoms. The number of Topliss-reactive ketones (excluding diaryl/α,β-unsaturated/α-hetero) is 1. The Kier molecular flexibility index (Phi) is 6.51. The first-order chi connectivity index (χ1) is 12.3. The smallest absolute Gasteiger partial charge is 0.329 e. The quantitative estimate of drug-likeness (QED) is 0.552. The molecule has 1 aliphatic heterocycles. The van der Waals surface area contributed by atoms with Crippen molar-refractivity contribution in [2.45, 2.75) is 58.9 Å². The van der Waals surface area contributed by atoms with Crippen molar-refractivity contribution >= 4 is 17.7 Å². The van der Waals surface area contributed by atoms with Gasteiger partial charge in [-0.1, -0.05) is 33.8 Å². The molecule has 1 amide bonds. The van der Waals surface area contributed by atoms with Gasteiger partial charge < -0.3 is 9.64 Å². The van der Waals surface area contributed by atoms with Gasteiger partial charge in [-0.3, -0.25) is 14.6 Å². The summed E-state index contributed by atoms with van der Waals surface area (Å²) in [5.41, 5.74) is -0.0126. The molecule has 1 aromatic rings. The molecule has 1 fully saturated rings.